The Balaban J connectivity index is 1.56. The summed E-state index contributed by atoms with van der Waals surface area (Å²) in [6.07, 6.45) is 5.64. The Bertz CT molecular complexity index is 797. The zero-order valence-corrected chi connectivity index (χ0v) is 13.4. The van der Waals surface area contributed by atoms with E-state index in [0.29, 0.717) is 11.5 Å². The number of piperidine rings is 1. The van der Waals surface area contributed by atoms with Gasteiger partial charge in [-0.15, -0.1) is 0 Å². The van der Waals surface area contributed by atoms with Gasteiger partial charge in [0.25, 0.3) is 0 Å². The molecule has 3 aromatic rings. The molecule has 0 amide bonds. The fourth-order valence-corrected chi connectivity index (χ4v) is 3.56. The van der Waals surface area contributed by atoms with Gasteiger partial charge in [0.1, 0.15) is 11.6 Å². The van der Waals surface area contributed by atoms with Crippen LogP contribution in [0.2, 0.25) is 0 Å². The molecule has 1 N–H and O–H groups in total. The van der Waals surface area contributed by atoms with E-state index in [1.165, 1.54) is 6.07 Å². The van der Waals surface area contributed by atoms with Crippen LogP contribution in [0.15, 0.2) is 53.3 Å². The van der Waals surface area contributed by atoms with Crippen LogP contribution in [0.5, 0.6) is 0 Å². The number of nitrogens with one attached hydrogen (secondary N) is 1. The molecule has 4 nitrogen and oxygen atoms in total. The first-order valence-corrected chi connectivity index (χ1v) is 8.34. The Labute approximate surface area is 140 Å². The predicted molar refractivity (Wildman–Crippen MR) is 89.9 cm³/mol. The first-order valence-electron chi connectivity index (χ1n) is 8.34. The number of aromatic amines is 1. The molecule has 1 atom stereocenters. The number of hydrogen-bond donors (Lipinski definition) is 1. The van der Waals surface area contributed by atoms with Crippen molar-refractivity contribution < 1.29 is 8.81 Å². The molecule has 1 fully saturated rings. The van der Waals surface area contributed by atoms with E-state index in [1.54, 1.807) is 18.5 Å². The lowest BCUT2D eigenvalue weighted by molar-refractivity contribution is 0.185. The van der Waals surface area contributed by atoms with Crippen LogP contribution in [-0.4, -0.2) is 28.2 Å². The lowest BCUT2D eigenvalue weighted by atomic mass is 9.90. The molecule has 0 saturated carbocycles. The van der Waals surface area contributed by atoms with E-state index in [2.05, 4.69) is 15.1 Å². The zero-order chi connectivity index (χ0) is 16.4. The van der Waals surface area contributed by atoms with Crippen LogP contribution in [0, 0.1) is 5.82 Å². The first kappa shape index (κ1) is 15.1. The number of halogens is 1. The molecule has 124 valence electrons. The van der Waals surface area contributed by atoms with Gasteiger partial charge in [-0.1, -0.05) is 18.2 Å². The maximum Gasteiger partial charge on any atom is 0.131 e. The number of furan rings is 1. The van der Waals surface area contributed by atoms with Gasteiger partial charge in [0.15, 0.2) is 0 Å². The molecule has 0 aliphatic carbocycles. The monoisotopic (exact) mass is 325 g/mol. The topological polar surface area (TPSA) is 45.1 Å². The molecule has 3 heterocycles. The van der Waals surface area contributed by atoms with Crippen molar-refractivity contribution in [1.82, 2.24) is 15.1 Å². The van der Waals surface area contributed by atoms with Crippen molar-refractivity contribution in [1.29, 1.82) is 0 Å². The zero-order valence-electron chi connectivity index (χ0n) is 13.4. The molecule has 2 aromatic heterocycles. The molecule has 24 heavy (non-hydrogen) atoms. The molecule has 0 bridgehead atoms. The molecular weight excluding hydrogens is 305 g/mol. The summed E-state index contributed by atoms with van der Waals surface area (Å²) in [6, 6.07) is 10.8. The number of hydrogen-bond acceptors (Lipinski definition) is 3. The number of H-pyrrole nitrogens is 1. The van der Waals surface area contributed by atoms with Gasteiger partial charge < -0.3 is 4.42 Å². The smallest absolute Gasteiger partial charge is 0.131 e. The van der Waals surface area contributed by atoms with E-state index >= 15 is 0 Å². The lowest BCUT2D eigenvalue weighted by Gasteiger charge is -2.32. The lowest BCUT2D eigenvalue weighted by Crippen LogP contribution is -2.34. The highest BCUT2D eigenvalue weighted by molar-refractivity contribution is 5.66. The second-order valence-electron chi connectivity index (χ2n) is 6.33. The maximum atomic E-state index is 14.2. The maximum absolute atomic E-state index is 14.2. The standard InChI is InChI=1S/C19H20FN3O/c20-18-8-2-1-7-16(18)17-11-21-22-19(17)14-5-3-9-23(12-14)13-15-6-4-10-24-15/h1-2,4,6-8,10-11,14H,3,5,9,12-13H2,(H,21,22)/t14-/m1/s1. The van der Waals surface area contributed by atoms with E-state index in [1.807, 2.05) is 24.3 Å². The summed E-state index contributed by atoms with van der Waals surface area (Å²) in [6.45, 7) is 2.79. The summed E-state index contributed by atoms with van der Waals surface area (Å²) in [7, 11) is 0. The average molecular weight is 325 g/mol. The van der Waals surface area contributed by atoms with Crippen molar-refractivity contribution in [3.63, 3.8) is 0 Å². The third kappa shape index (κ3) is 2.99. The normalized spacial score (nSPS) is 18.8. The summed E-state index contributed by atoms with van der Waals surface area (Å²) in [5.74, 6) is 1.10. The van der Waals surface area contributed by atoms with Crippen LogP contribution in [0.4, 0.5) is 4.39 Å². The number of aromatic nitrogens is 2. The van der Waals surface area contributed by atoms with Gasteiger partial charge >= 0.3 is 0 Å². The van der Waals surface area contributed by atoms with Gasteiger partial charge in [-0.05, 0) is 37.6 Å². The molecule has 0 spiro atoms. The summed E-state index contributed by atoms with van der Waals surface area (Å²) in [4.78, 5) is 2.39. The third-order valence-electron chi connectivity index (χ3n) is 4.71. The Morgan fingerprint density at radius 2 is 2.12 bits per heavy atom. The van der Waals surface area contributed by atoms with Crippen LogP contribution >= 0.6 is 0 Å². The van der Waals surface area contributed by atoms with Crippen molar-refractivity contribution in [2.45, 2.75) is 25.3 Å². The van der Waals surface area contributed by atoms with Gasteiger partial charge in [-0.25, -0.2) is 4.39 Å². The van der Waals surface area contributed by atoms with Gasteiger partial charge in [0.05, 0.1) is 19.0 Å². The number of benzene rings is 1. The Morgan fingerprint density at radius 1 is 1.21 bits per heavy atom. The molecule has 5 heteroatoms. The summed E-state index contributed by atoms with van der Waals surface area (Å²) < 4.78 is 19.6. The van der Waals surface area contributed by atoms with Crippen molar-refractivity contribution >= 4 is 0 Å². The molecule has 0 radical (unpaired) electrons. The molecule has 1 aliphatic heterocycles. The molecule has 4 rings (SSSR count). The molecule has 1 saturated heterocycles. The predicted octanol–water partition coefficient (Wildman–Crippen LogP) is 4.19. The van der Waals surface area contributed by atoms with Crippen LogP contribution < -0.4 is 0 Å². The van der Waals surface area contributed by atoms with E-state index in [4.69, 9.17) is 4.42 Å². The Morgan fingerprint density at radius 3 is 2.96 bits per heavy atom. The Kier molecular flexibility index (Phi) is 4.17. The molecular formula is C19H20FN3O. The number of likely N-dealkylation sites (tertiary alicyclic amines) is 1. The third-order valence-corrected chi connectivity index (χ3v) is 4.71. The fraction of sp³-hybridized carbons (Fsp3) is 0.316. The highest BCUT2D eigenvalue weighted by atomic mass is 19.1. The molecule has 0 unspecified atom stereocenters. The highest BCUT2D eigenvalue weighted by Gasteiger charge is 2.26. The summed E-state index contributed by atoms with van der Waals surface area (Å²) in [5, 5.41) is 7.30. The van der Waals surface area contributed by atoms with E-state index in [-0.39, 0.29) is 5.82 Å². The fourth-order valence-electron chi connectivity index (χ4n) is 3.56. The second-order valence-corrected chi connectivity index (χ2v) is 6.33. The van der Waals surface area contributed by atoms with Crippen LogP contribution in [-0.2, 0) is 6.54 Å². The Hall–Kier alpha value is -2.40. The average Bonchev–Trinajstić information content (AvgIpc) is 3.27. The second kappa shape index (κ2) is 6.61. The van der Waals surface area contributed by atoms with Gasteiger partial charge in [0, 0.05) is 29.3 Å². The van der Waals surface area contributed by atoms with Crippen molar-refractivity contribution in [2.75, 3.05) is 13.1 Å². The van der Waals surface area contributed by atoms with Crippen LogP contribution in [0.1, 0.15) is 30.2 Å². The number of nitrogens with zero attached hydrogens (tertiary/aromatic N) is 2. The van der Waals surface area contributed by atoms with E-state index < -0.39 is 0 Å². The molecule has 1 aliphatic rings. The largest absolute Gasteiger partial charge is 0.468 e. The minimum atomic E-state index is -0.205. The van der Waals surface area contributed by atoms with Crippen LogP contribution in [0.3, 0.4) is 0 Å². The van der Waals surface area contributed by atoms with E-state index in [0.717, 1.165) is 49.5 Å². The minimum absolute atomic E-state index is 0.205. The number of rotatable bonds is 4. The van der Waals surface area contributed by atoms with Crippen LogP contribution in [0.25, 0.3) is 11.1 Å². The van der Waals surface area contributed by atoms with Crippen molar-refractivity contribution in [3.8, 4) is 11.1 Å². The minimum Gasteiger partial charge on any atom is -0.468 e. The summed E-state index contributed by atoms with van der Waals surface area (Å²) >= 11 is 0. The SMILES string of the molecule is Fc1ccccc1-c1cn[nH]c1[C@@H]1CCCN(Cc2ccco2)C1. The van der Waals surface area contributed by atoms with Gasteiger partial charge in [0.2, 0.25) is 0 Å². The van der Waals surface area contributed by atoms with Gasteiger partial charge in [-0.2, -0.15) is 5.10 Å². The van der Waals surface area contributed by atoms with Crippen molar-refractivity contribution in [2.24, 2.45) is 0 Å². The highest BCUT2D eigenvalue weighted by Crippen LogP contribution is 2.34. The quantitative estimate of drug-likeness (QED) is 0.782. The van der Waals surface area contributed by atoms with Crippen molar-refractivity contribution in [3.05, 3.63) is 66.1 Å². The van der Waals surface area contributed by atoms with Gasteiger partial charge in [-0.3, -0.25) is 10.00 Å². The summed E-state index contributed by atoms with van der Waals surface area (Å²) in [5.41, 5.74) is 2.52. The molecule has 1 aromatic carbocycles. The first-order chi connectivity index (χ1) is 11.8. The van der Waals surface area contributed by atoms with E-state index in [9.17, 15) is 4.39 Å².